The molecule has 1 aromatic rings. The minimum absolute atomic E-state index is 0.0831. The first kappa shape index (κ1) is 16.0. The third-order valence-electron chi connectivity index (χ3n) is 6.16. The van der Waals surface area contributed by atoms with E-state index < -0.39 is 13.2 Å². The Morgan fingerprint density at radius 3 is 2.42 bits per heavy atom. The molecule has 0 aromatic carbocycles. The molecule has 3 heterocycles. The van der Waals surface area contributed by atoms with Crippen molar-refractivity contribution in [2.24, 2.45) is 0 Å². The van der Waals surface area contributed by atoms with Crippen molar-refractivity contribution in [2.45, 2.75) is 69.7 Å². The predicted molar refractivity (Wildman–Crippen MR) is 88.3 cm³/mol. The number of likely N-dealkylation sites (tertiary alicyclic amines) is 1. The average molecular weight is 333 g/mol. The fourth-order valence-electron chi connectivity index (χ4n) is 3.75. The summed E-state index contributed by atoms with van der Waals surface area (Å²) in [5.41, 5.74) is -0.0314. The molecule has 3 aliphatic rings. The third kappa shape index (κ3) is 2.27. The Morgan fingerprint density at radius 1 is 1.29 bits per heavy atom. The molecule has 4 rings (SSSR count). The summed E-state index contributed by atoms with van der Waals surface area (Å²) in [7, 11) is -0.435. The molecule has 1 amide bonds. The third-order valence-corrected chi connectivity index (χ3v) is 6.16. The molecule has 24 heavy (non-hydrogen) atoms. The average Bonchev–Trinajstić information content (AvgIpc) is 2.83. The minimum atomic E-state index is -0.826. The summed E-state index contributed by atoms with van der Waals surface area (Å²) < 4.78 is 14.0. The lowest BCUT2D eigenvalue weighted by Crippen LogP contribution is -2.41. The van der Waals surface area contributed by atoms with Crippen molar-refractivity contribution in [3.63, 3.8) is 0 Å². The monoisotopic (exact) mass is 333 g/mol. The smallest absolute Gasteiger partial charge is 0.465 e. The van der Waals surface area contributed by atoms with Crippen molar-refractivity contribution >= 4 is 18.7 Å². The van der Waals surface area contributed by atoms with Crippen molar-refractivity contribution in [1.29, 1.82) is 0 Å². The fraction of sp³-hybridized carbons (Fsp3) is 0.750. The van der Waals surface area contributed by atoms with Gasteiger partial charge in [-0.15, -0.1) is 0 Å². The molecular weight excluding hydrogens is 309 g/mol. The lowest BCUT2D eigenvalue weighted by molar-refractivity contribution is 0.00578. The molecule has 2 aliphatic heterocycles. The maximum atomic E-state index is 11.4. The first-order valence-electron chi connectivity index (χ1n) is 8.54. The Bertz CT molecular complexity index is 667. The number of carbonyl (C=O) groups is 1. The Hall–Kier alpha value is -1.54. The van der Waals surface area contributed by atoms with Crippen LogP contribution in [0.4, 0.5) is 4.79 Å². The predicted octanol–water partition coefficient (Wildman–Crippen LogP) is 1.64. The molecule has 1 aliphatic carbocycles. The van der Waals surface area contributed by atoms with Crippen LogP contribution in [0.2, 0.25) is 0 Å². The zero-order valence-electron chi connectivity index (χ0n) is 14.7. The van der Waals surface area contributed by atoms with Crippen molar-refractivity contribution in [2.75, 3.05) is 6.54 Å². The SMILES string of the molecule is CC1(C)OB(c2cnn(C3CN(C(=O)O)C4(CC4)C3)c2)OC1(C)C. The highest BCUT2D eigenvalue weighted by atomic mass is 16.7. The Labute approximate surface area is 142 Å². The van der Waals surface area contributed by atoms with Gasteiger partial charge in [0.05, 0.1) is 17.2 Å². The van der Waals surface area contributed by atoms with Crippen LogP contribution in [0.5, 0.6) is 0 Å². The molecule has 1 atom stereocenters. The highest BCUT2D eigenvalue weighted by Gasteiger charge is 2.57. The van der Waals surface area contributed by atoms with E-state index >= 15 is 0 Å². The van der Waals surface area contributed by atoms with Crippen LogP contribution in [0, 0.1) is 0 Å². The maximum absolute atomic E-state index is 11.4. The molecule has 2 saturated heterocycles. The van der Waals surface area contributed by atoms with E-state index in [2.05, 4.69) is 5.10 Å². The van der Waals surface area contributed by atoms with Crippen LogP contribution in [0.25, 0.3) is 0 Å². The minimum Gasteiger partial charge on any atom is -0.465 e. The molecule has 7 nitrogen and oxygen atoms in total. The highest BCUT2D eigenvalue weighted by molar-refractivity contribution is 6.62. The largest absolute Gasteiger partial charge is 0.498 e. The normalized spacial score (nSPS) is 29.4. The van der Waals surface area contributed by atoms with Crippen LogP contribution in [-0.4, -0.2) is 56.3 Å². The van der Waals surface area contributed by atoms with Crippen LogP contribution >= 0.6 is 0 Å². The topological polar surface area (TPSA) is 76.8 Å². The summed E-state index contributed by atoms with van der Waals surface area (Å²) in [6.45, 7) is 8.59. The van der Waals surface area contributed by atoms with Crippen LogP contribution < -0.4 is 5.46 Å². The van der Waals surface area contributed by atoms with E-state index in [1.807, 2.05) is 38.6 Å². The Kier molecular flexibility index (Phi) is 3.16. The van der Waals surface area contributed by atoms with Crippen LogP contribution in [0.1, 0.15) is 53.0 Å². The number of hydrogen-bond donors (Lipinski definition) is 1. The number of nitrogens with zero attached hydrogens (tertiary/aromatic N) is 3. The van der Waals surface area contributed by atoms with Gasteiger partial charge in [-0.25, -0.2) is 4.79 Å². The number of rotatable bonds is 2. The summed E-state index contributed by atoms with van der Waals surface area (Å²) in [5, 5.41) is 13.9. The van der Waals surface area contributed by atoms with Gasteiger partial charge in [0.15, 0.2) is 0 Å². The first-order valence-corrected chi connectivity index (χ1v) is 8.54. The summed E-state index contributed by atoms with van der Waals surface area (Å²) in [6, 6.07) is 0.0831. The quantitative estimate of drug-likeness (QED) is 0.833. The van der Waals surface area contributed by atoms with Gasteiger partial charge >= 0.3 is 13.2 Å². The van der Waals surface area contributed by atoms with Gasteiger partial charge in [-0.05, 0) is 47.0 Å². The molecule has 8 heteroatoms. The zero-order valence-corrected chi connectivity index (χ0v) is 14.7. The lowest BCUT2D eigenvalue weighted by atomic mass is 9.82. The van der Waals surface area contributed by atoms with E-state index in [4.69, 9.17) is 9.31 Å². The van der Waals surface area contributed by atoms with E-state index in [0.717, 1.165) is 24.7 Å². The van der Waals surface area contributed by atoms with Gasteiger partial charge in [-0.1, -0.05) is 0 Å². The molecule has 130 valence electrons. The van der Waals surface area contributed by atoms with Gasteiger partial charge in [-0.2, -0.15) is 5.10 Å². The summed E-state index contributed by atoms with van der Waals surface area (Å²) >= 11 is 0. The molecule has 0 radical (unpaired) electrons. The van der Waals surface area contributed by atoms with Gasteiger partial charge in [0.25, 0.3) is 0 Å². The molecule has 0 bridgehead atoms. The van der Waals surface area contributed by atoms with Crippen molar-refractivity contribution < 1.29 is 19.2 Å². The van der Waals surface area contributed by atoms with Crippen LogP contribution in [0.15, 0.2) is 12.4 Å². The van der Waals surface area contributed by atoms with Crippen molar-refractivity contribution in [1.82, 2.24) is 14.7 Å². The van der Waals surface area contributed by atoms with E-state index in [9.17, 15) is 9.90 Å². The van der Waals surface area contributed by atoms with E-state index in [1.165, 1.54) is 0 Å². The fourth-order valence-corrected chi connectivity index (χ4v) is 3.75. The molecule has 1 N–H and O–H groups in total. The molecule has 1 spiro atoms. The van der Waals surface area contributed by atoms with Gasteiger partial charge in [-0.3, -0.25) is 4.68 Å². The van der Waals surface area contributed by atoms with E-state index in [0.29, 0.717) is 6.54 Å². The van der Waals surface area contributed by atoms with Crippen molar-refractivity contribution in [3.05, 3.63) is 12.4 Å². The standard InChI is InChI=1S/C16H24BN3O4/c1-14(2)15(3,4)24-17(23-14)11-8-18-20(9-11)12-7-16(5-6-16)19(10-12)13(21)22/h8-9,12H,5-7,10H2,1-4H3,(H,21,22). The molecule has 1 saturated carbocycles. The zero-order chi connectivity index (χ0) is 17.3. The highest BCUT2D eigenvalue weighted by Crippen LogP contribution is 2.52. The molecule has 1 unspecified atom stereocenters. The lowest BCUT2D eigenvalue weighted by Gasteiger charge is -2.32. The number of hydrogen-bond acceptors (Lipinski definition) is 4. The second-order valence-corrected chi connectivity index (χ2v) is 8.32. The first-order chi connectivity index (χ1) is 11.1. The van der Waals surface area contributed by atoms with Gasteiger partial charge in [0.2, 0.25) is 0 Å². The Morgan fingerprint density at radius 2 is 1.92 bits per heavy atom. The van der Waals surface area contributed by atoms with E-state index in [1.54, 1.807) is 11.1 Å². The summed E-state index contributed by atoms with van der Waals surface area (Å²) in [5.74, 6) is 0. The van der Waals surface area contributed by atoms with Gasteiger partial charge in [0, 0.05) is 29.9 Å². The molecular formula is C16H24BN3O4. The maximum Gasteiger partial charge on any atom is 0.498 e. The number of aromatic nitrogens is 2. The Balaban J connectivity index is 1.52. The van der Waals surface area contributed by atoms with Gasteiger partial charge < -0.3 is 19.3 Å². The second kappa shape index (κ2) is 4.76. The van der Waals surface area contributed by atoms with Crippen LogP contribution in [-0.2, 0) is 9.31 Å². The molecule has 3 fully saturated rings. The second-order valence-electron chi connectivity index (χ2n) is 8.32. The number of carboxylic acid groups (broad SMARTS) is 1. The summed E-state index contributed by atoms with van der Waals surface area (Å²) in [6.07, 6.45) is 5.64. The van der Waals surface area contributed by atoms with Crippen molar-refractivity contribution in [3.8, 4) is 0 Å². The van der Waals surface area contributed by atoms with E-state index in [-0.39, 0.29) is 22.8 Å². The molecule has 1 aromatic heterocycles. The number of amides is 1. The van der Waals surface area contributed by atoms with Gasteiger partial charge in [0.1, 0.15) is 0 Å². The summed E-state index contributed by atoms with van der Waals surface area (Å²) in [4.78, 5) is 13.0. The van der Waals surface area contributed by atoms with Crippen LogP contribution in [0.3, 0.4) is 0 Å².